The Bertz CT molecular complexity index is 316. The Hall–Kier alpha value is -0.390. The van der Waals surface area contributed by atoms with Gasteiger partial charge in [-0.2, -0.15) is 0 Å². The van der Waals surface area contributed by atoms with E-state index >= 15 is 0 Å². The minimum absolute atomic E-state index is 0.492. The third-order valence-corrected chi connectivity index (χ3v) is 2.59. The quantitative estimate of drug-likeness (QED) is 0.863. The van der Waals surface area contributed by atoms with Crippen LogP contribution in [0.3, 0.4) is 0 Å². The number of methoxy groups -OCH3 is 1. The Labute approximate surface area is 81.6 Å². The smallest absolute Gasteiger partial charge is 0.136 e. The van der Waals surface area contributed by atoms with E-state index < -0.39 is 11.0 Å². The minimum atomic E-state index is -1.51. The summed E-state index contributed by atoms with van der Waals surface area (Å²) in [7, 11) is 0.00783. The van der Waals surface area contributed by atoms with E-state index in [1.165, 1.54) is 7.11 Å². The van der Waals surface area contributed by atoms with Crippen LogP contribution in [0.15, 0.2) is 27.6 Å². The number of nitrogens with two attached hydrogens (primary N) is 1. The number of hydrogen-bond donors (Lipinski definition) is 1. The highest BCUT2D eigenvalue weighted by Crippen LogP contribution is 2.24. The topological polar surface area (TPSA) is 52.3 Å². The SMILES string of the molecule is COc1ccc(Br)cc1S(N)=O. The van der Waals surface area contributed by atoms with Gasteiger partial charge in [0.2, 0.25) is 0 Å². The average Bonchev–Trinajstić information content (AvgIpc) is 2.04. The molecule has 0 aliphatic heterocycles. The Balaban J connectivity index is 3.21. The average molecular weight is 250 g/mol. The van der Waals surface area contributed by atoms with Gasteiger partial charge in [0.15, 0.2) is 0 Å². The van der Waals surface area contributed by atoms with E-state index in [1.54, 1.807) is 18.2 Å². The molecule has 3 nitrogen and oxygen atoms in total. The molecule has 66 valence electrons. The number of benzene rings is 1. The van der Waals surface area contributed by atoms with Crippen LogP contribution >= 0.6 is 15.9 Å². The van der Waals surface area contributed by atoms with Gasteiger partial charge < -0.3 is 4.74 Å². The zero-order valence-electron chi connectivity index (χ0n) is 6.41. The fraction of sp³-hybridized carbons (Fsp3) is 0.143. The van der Waals surface area contributed by atoms with E-state index in [0.29, 0.717) is 10.6 Å². The Morgan fingerprint density at radius 2 is 2.25 bits per heavy atom. The van der Waals surface area contributed by atoms with Gasteiger partial charge >= 0.3 is 0 Å². The first-order valence-corrected chi connectivity index (χ1v) is 5.15. The van der Waals surface area contributed by atoms with E-state index in [4.69, 9.17) is 9.88 Å². The van der Waals surface area contributed by atoms with Crippen molar-refractivity contribution in [3.8, 4) is 5.75 Å². The molecule has 0 aliphatic carbocycles. The number of halogens is 1. The third kappa shape index (κ3) is 2.06. The predicted molar refractivity (Wildman–Crippen MR) is 51.3 cm³/mol. The summed E-state index contributed by atoms with van der Waals surface area (Å²) in [4.78, 5) is 0.492. The van der Waals surface area contributed by atoms with Crippen molar-refractivity contribution >= 4 is 26.9 Å². The lowest BCUT2D eigenvalue weighted by Gasteiger charge is -2.04. The van der Waals surface area contributed by atoms with E-state index in [2.05, 4.69) is 15.9 Å². The van der Waals surface area contributed by atoms with E-state index in [-0.39, 0.29) is 0 Å². The molecule has 2 N–H and O–H groups in total. The molecular formula is C7H8BrNO2S. The molecule has 1 aromatic rings. The second-order valence-electron chi connectivity index (χ2n) is 2.09. The van der Waals surface area contributed by atoms with Crippen molar-refractivity contribution in [3.63, 3.8) is 0 Å². The number of ether oxygens (including phenoxy) is 1. The van der Waals surface area contributed by atoms with Gasteiger partial charge in [0.25, 0.3) is 0 Å². The van der Waals surface area contributed by atoms with Crippen LogP contribution in [-0.4, -0.2) is 11.3 Å². The van der Waals surface area contributed by atoms with Crippen molar-refractivity contribution in [2.24, 2.45) is 5.14 Å². The summed E-state index contributed by atoms with van der Waals surface area (Å²) in [5.41, 5.74) is 0. The maximum Gasteiger partial charge on any atom is 0.136 e. The van der Waals surface area contributed by atoms with Crippen molar-refractivity contribution in [2.45, 2.75) is 4.90 Å². The van der Waals surface area contributed by atoms with Crippen LogP contribution < -0.4 is 9.88 Å². The van der Waals surface area contributed by atoms with Crippen LogP contribution in [0, 0.1) is 0 Å². The molecule has 0 aromatic heterocycles. The van der Waals surface area contributed by atoms with E-state index in [1.807, 2.05) is 0 Å². The molecule has 5 heteroatoms. The molecule has 1 aromatic carbocycles. The summed E-state index contributed by atoms with van der Waals surface area (Å²) in [6, 6.07) is 5.19. The highest BCUT2D eigenvalue weighted by molar-refractivity contribution is 9.10. The molecule has 12 heavy (non-hydrogen) atoms. The molecule has 0 spiro atoms. The van der Waals surface area contributed by atoms with Gasteiger partial charge in [-0.3, -0.25) is 0 Å². The van der Waals surface area contributed by atoms with Gasteiger partial charge in [-0.1, -0.05) is 15.9 Å². The number of hydrogen-bond acceptors (Lipinski definition) is 2. The van der Waals surface area contributed by atoms with Gasteiger partial charge in [0.05, 0.1) is 12.0 Å². The first-order chi connectivity index (χ1) is 5.65. The highest BCUT2D eigenvalue weighted by Gasteiger charge is 2.06. The van der Waals surface area contributed by atoms with Crippen molar-refractivity contribution in [2.75, 3.05) is 7.11 Å². The molecule has 1 rings (SSSR count). The predicted octanol–water partition coefficient (Wildman–Crippen LogP) is 1.44. The number of rotatable bonds is 2. The first kappa shape index (κ1) is 9.70. The summed E-state index contributed by atoms with van der Waals surface area (Å²) in [5, 5.41) is 5.23. The van der Waals surface area contributed by atoms with E-state index in [9.17, 15) is 4.21 Å². The van der Waals surface area contributed by atoms with Crippen molar-refractivity contribution in [1.82, 2.24) is 0 Å². The van der Waals surface area contributed by atoms with Gasteiger partial charge in [0.1, 0.15) is 16.7 Å². The lowest BCUT2D eigenvalue weighted by atomic mass is 10.3. The Morgan fingerprint density at radius 1 is 1.58 bits per heavy atom. The van der Waals surface area contributed by atoms with Gasteiger partial charge in [-0.25, -0.2) is 9.35 Å². The lowest BCUT2D eigenvalue weighted by Crippen LogP contribution is -2.04. The van der Waals surface area contributed by atoms with E-state index in [0.717, 1.165) is 4.47 Å². The summed E-state index contributed by atoms with van der Waals surface area (Å²) >= 11 is 3.25. The summed E-state index contributed by atoms with van der Waals surface area (Å²) < 4.78 is 16.8. The second kappa shape index (κ2) is 4.02. The maximum atomic E-state index is 11.0. The summed E-state index contributed by atoms with van der Waals surface area (Å²) in [5.74, 6) is 0.541. The van der Waals surface area contributed by atoms with Crippen molar-refractivity contribution in [1.29, 1.82) is 0 Å². The summed E-state index contributed by atoms with van der Waals surface area (Å²) in [6.07, 6.45) is 0. The largest absolute Gasteiger partial charge is 0.495 e. The molecule has 0 heterocycles. The molecule has 0 fully saturated rings. The van der Waals surface area contributed by atoms with Crippen LogP contribution in [0.1, 0.15) is 0 Å². The monoisotopic (exact) mass is 249 g/mol. The first-order valence-electron chi connectivity index (χ1n) is 3.15. The molecule has 0 aliphatic rings. The Kier molecular flexibility index (Phi) is 3.25. The second-order valence-corrected chi connectivity index (χ2v) is 4.04. The van der Waals surface area contributed by atoms with Crippen molar-refractivity contribution in [3.05, 3.63) is 22.7 Å². The third-order valence-electron chi connectivity index (χ3n) is 1.34. The van der Waals surface area contributed by atoms with Gasteiger partial charge in [-0.05, 0) is 18.2 Å². The van der Waals surface area contributed by atoms with Crippen molar-refractivity contribution < 1.29 is 8.95 Å². The molecule has 0 bridgehead atoms. The van der Waals surface area contributed by atoms with Gasteiger partial charge in [-0.15, -0.1) is 0 Å². The minimum Gasteiger partial charge on any atom is -0.495 e. The standard InChI is InChI=1S/C7H8BrNO2S/c1-11-6-3-2-5(8)4-7(6)12(9)10/h2-4H,9H2,1H3. The maximum absolute atomic E-state index is 11.0. The fourth-order valence-electron chi connectivity index (χ4n) is 0.808. The zero-order chi connectivity index (χ0) is 9.14. The molecule has 1 atom stereocenters. The molecule has 0 saturated heterocycles. The fourth-order valence-corrected chi connectivity index (χ4v) is 1.91. The van der Waals surface area contributed by atoms with Crippen LogP contribution in [0.2, 0.25) is 0 Å². The Morgan fingerprint density at radius 3 is 2.75 bits per heavy atom. The molecule has 0 saturated carbocycles. The lowest BCUT2D eigenvalue weighted by molar-refractivity contribution is 0.404. The van der Waals surface area contributed by atoms with Gasteiger partial charge in [0, 0.05) is 4.47 Å². The van der Waals surface area contributed by atoms with Crippen LogP contribution in [0.5, 0.6) is 5.75 Å². The molecule has 0 amide bonds. The van der Waals surface area contributed by atoms with Crippen LogP contribution in [-0.2, 0) is 11.0 Å². The summed E-state index contributed by atoms with van der Waals surface area (Å²) in [6.45, 7) is 0. The molecular weight excluding hydrogens is 242 g/mol. The normalized spacial score (nSPS) is 12.6. The van der Waals surface area contributed by atoms with Crippen LogP contribution in [0.4, 0.5) is 0 Å². The highest BCUT2D eigenvalue weighted by atomic mass is 79.9. The molecule has 0 radical (unpaired) electrons. The molecule has 1 unspecified atom stereocenters. The zero-order valence-corrected chi connectivity index (χ0v) is 8.81. The van der Waals surface area contributed by atoms with Crippen LogP contribution in [0.25, 0.3) is 0 Å².